The third-order valence-corrected chi connectivity index (χ3v) is 2.84. The van der Waals surface area contributed by atoms with Crippen LogP contribution in [-0.4, -0.2) is 17.4 Å². The van der Waals surface area contributed by atoms with Crippen LogP contribution in [0, 0.1) is 11.8 Å². The highest BCUT2D eigenvalue weighted by molar-refractivity contribution is 6.30. The molecular formula is C13H20ClN3O. The number of pyridine rings is 1. The monoisotopic (exact) mass is 269 g/mol. The maximum Gasteiger partial charge on any atom is 0.225 e. The zero-order valence-corrected chi connectivity index (χ0v) is 11.6. The van der Waals surface area contributed by atoms with E-state index < -0.39 is 0 Å². The van der Waals surface area contributed by atoms with Gasteiger partial charge in [0.1, 0.15) is 5.82 Å². The van der Waals surface area contributed by atoms with Crippen molar-refractivity contribution < 1.29 is 4.79 Å². The molecule has 0 aliphatic heterocycles. The molecule has 1 rings (SSSR count). The molecule has 3 N–H and O–H groups in total. The van der Waals surface area contributed by atoms with Crippen molar-refractivity contribution in [2.45, 2.75) is 26.7 Å². The van der Waals surface area contributed by atoms with Crippen LogP contribution in [0.3, 0.4) is 0 Å². The van der Waals surface area contributed by atoms with E-state index in [2.05, 4.69) is 24.1 Å². The first-order chi connectivity index (χ1) is 8.51. The minimum atomic E-state index is -0.0686. The second kappa shape index (κ2) is 7.34. The molecule has 1 heterocycles. The van der Waals surface area contributed by atoms with Crippen molar-refractivity contribution in [2.75, 3.05) is 11.9 Å². The molecule has 0 unspecified atom stereocenters. The topological polar surface area (TPSA) is 68.0 Å². The average Bonchev–Trinajstić information content (AvgIpc) is 2.27. The second-order valence-electron chi connectivity index (χ2n) is 4.84. The first kappa shape index (κ1) is 14.9. The summed E-state index contributed by atoms with van der Waals surface area (Å²) in [6.45, 7) is 4.77. The van der Waals surface area contributed by atoms with E-state index >= 15 is 0 Å². The summed E-state index contributed by atoms with van der Waals surface area (Å²) < 4.78 is 0. The van der Waals surface area contributed by atoms with E-state index in [1.165, 1.54) is 0 Å². The van der Waals surface area contributed by atoms with Crippen LogP contribution in [0.5, 0.6) is 0 Å². The van der Waals surface area contributed by atoms with Gasteiger partial charge in [-0.05, 0) is 36.9 Å². The van der Waals surface area contributed by atoms with Crippen molar-refractivity contribution in [3.05, 3.63) is 23.4 Å². The van der Waals surface area contributed by atoms with E-state index in [0.717, 1.165) is 6.42 Å². The maximum atomic E-state index is 11.8. The Morgan fingerprint density at radius 2 is 2.28 bits per heavy atom. The molecule has 0 fully saturated rings. The van der Waals surface area contributed by atoms with Crippen LogP contribution in [0.2, 0.25) is 5.02 Å². The van der Waals surface area contributed by atoms with Crippen molar-refractivity contribution >= 4 is 23.3 Å². The zero-order chi connectivity index (χ0) is 13.5. The van der Waals surface area contributed by atoms with E-state index in [0.29, 0.717) is 29.7 Å². The summed E-state index contributed by atoms with van der Waals surface area (Å²) in [5.41, 5.74) is 5.67. The molecule has 1 aromatic rings. The maximum absolute atomic E-state index is 11.8. The molecule has 5 heteroatoms. The molecule has 0 radical (unpaired) electrons. The molecule has 0 bridgehead atoms. The molecule has 0 aliphatic carbocycles. The summed E-state index contributed by atoms with van der Waals surface area (Å²) in [4.78, 5) is 15.9. The smallest absolute Gasteiger partial charge is 0.225 e. The predicted molar refractivity (Wildman–Crippen MR) is 74.5 cm³/mol. The van der Waals surface area contributed by atoms with Crippen LogP contribution in [0.15, 0.2) is 18.3 Å². The molecule has 0 saturated carbocycles. The van der Waals surface area contributed by atoms with Crippen LogP contribution < -0.4 is 11.1 Å². The summed E-state index contributed by atoms with van der Waals surface area (Å²) in [6.07, 6.45) is 2.93. The van der Waals surface area contributed by atoms with Crippen molar-refractivity contribution in [2.24, 2.45) is 17.6 Å². The number of hydrogen-bond acceptors (Lipinski definition) is 3. The van der Waals surface area contributed by atoms with Crippen LogP contribution in [-0.2, 0) is 4.79 Å². The highest BCUT2D eigenvalue weighted by atomic mass is 35.5. The van der Waals surface area contributed by atoms with Gasteiger partial charge in [0.25, 0.3) is 0 Å². The Balaban J connectivity index is 2.50. The van der Waals surface area contributed by atoms with E-state index in [9.17, 15) is 4.79 Å². The number of nitrogens with zero attached hydrogens (tertiary/aromatic N) is 1. The fraction of sp³-hybridized carbons (Fsp3) is 0.538. The van der Waals surface area contributed by atoms with E-state index in [1.807, 2.05) is 0 Å². The van der Waals surface area contributed by atoms with Gasteiger partial charge in [-0.25, -0.2) is 4.98 Å². The van der Waals surface area contributed by atoms with E-state index in [-0.39, 0.29) is 11.8 Å². The number of amides is 1. The summed E-state index contributed by atoms with van der Waals surface area (Å²) in [6, 6.07) is 3.29. The summed E-state index contributed by atoms with van der Waals surface area (Å²) in [7, 11) is 0. The Morgan fingerprint density at radius 3 is 2.83 bits per heavy atom. The Hall–Kier alpha value is -1.13. The number of halogens is 1. The van der Waals surface area contributed by atoms with E-state index in [1.54, 1.807) is 18.3 Å². The highest BCUT2D eigenvalue weighted by Gasteiger charge is 2.14. The quantitative estimate of drug-likeness (QED) is 0.834. The number of carbonyl (C=O) groups excluding carboxylic acids is 1. The molecule has 18 heavy (non-hydrogen) atoms. The highest BCUT2D eigenvalue weighted by Crippen LogP contribution is 2.16. The van der Waals surface area contributed by atoms with E-state index in [4.69, 9.17) is 17.3 Å². The largest absolute Gasteiger partial charge is 0.330 e. The Labute approximate surface area is 113 Å². The van der Waals surface area contributed by atoms with Gasteiger partial charge in [0.05, 0.1) is 0 Å². The van der Waals surface area contributed by atoms with Gasteiger partial charge in [-0.2, -0.15) is 0 Å². The number of anilines is 1. The first-order valence-corrected chi connectivity index (χ1v) is 6.50. The van der Waals surface area contributed by atoms with Crippen LogP contribution in [0.1, 0.15) is 26.7 Å². The SMILES string of the molecule is CC(C)C[C@H](CN)CC(=O)Nc1cc(Cl)ccn1. The third kappa shape index (κ3) is 5.47. The lowest BCUT2D eigenvalue weighted by Gasteiger charge is -2.16. The number of rotatable bonds is 6. The standard InChI is InChI=1S/C13H20ClN3O/c1-9(2)5-10(8-15)6-13(18)17-12-7-11(14)3-4-16-12/h3-4,7,9-10H,5-6,8,15H2,1-2H3,(H,16,17,18)/t10-/m0/s1. The molecule has 1 aromatic heterocycles. The normalized spacial score (nSPS) is 12.5. The molecule has 0 spiro atoms. The molecule has 1 atom stereocenters. The average molecular weight is 270 g/mol. The predicted octanol–water partition coefficient (Wildman–Crippen LogP) is 2.68. The minimum Gasteiger partial charge on any atom is -0.330 e. The number of carbonyl (C=O) groups is 1. The first-order valence-electron chi connectivity index (χ1n) is 6.12. The van der Waals surface area contributed by atoms with Gasteiger partial charge in [0, 0.05) is 17.6 Å². The fourth-order valence-electron chi connectivity index (χ4n) is 1.86. The molecule has 1 amide bonds. The van der Waals surface area contributed by atoms with Crippen LogP contribution in [0.25, 0.3) is 0 Å². The molecular weight excluding hydrogens is 250 g/mol. The van der Waals surface area contributed by atoms with Crippen molar-refractivity contribution in [3.63, 3.8) is 0 Å². The van der Waals surface area contributed by atoms with Crippen molar-refractivity contribution in [3.8, 4) is 0 Å². The number of aromatic nitrogens is 1. The van der Waals surface area contributed by atoms with Crippen molar-refractivity contribution in [1.82, 2.24) is 4.98 Å². The fourth-order valence-corrected chi connectivity index (χ4v) is 2.02. The Bertz CT molecular complexity index is 396. The lowest BCUT2D eigenvalue weighted by atomic mass is 9.94. The van der Waals surface area contributed by atoms with Gasteiger partial charge >= 0.3 is 0 Å². The third-order valence-electron chi connectivity index (χ3n) is 2.60. The number of hydrogen-bond donors (Lipinski definition) is 2. The van der Waals surface area contributed by atoms with Crippen LogP contribution in [0.4, 0.5) is 5.82 Å². The molecule has 4 nitrogen and oxygen atoms in total. The lowest BCUT2D eigenvalue weighted by Crippen LogP contribution is -2.23. The minimum absolute atomic E-state index is 0.0686. The summed E-state index contributed by atoms with van der Waals surface area (Å²) in [5.74, 6) is 1.16. The Morgan fingerprint density at radius 1 is 1.56 bits per heavy atom. The zero-order valence-electron chi connectivity index (χ0n) is 10.8. The van der Waals surface area contributed by atoms with Gasteiger partial charge in [-0.15, -0.1) is 0 Å². The van der Waals surface area contributed by atoms with Gasteiger partial charge in [0.15, 0.2) is 0 Å². The van der Waals surface area contributed by atoms with Gasteiger partial charge in [-0.3, -0.25) is 4.79 Å². The second-order valence-corrected chi connectivity index (χ2v) is 5.28. The van der Waals surface area contributed by atoms with Crippen molar-refractivity contribution in [1.29, 1.82) is 0 Å². The summed E-state index contributed by atoms with van der Waals surface area (Å²) in [5, 5.41) is 3.28. The van der Waals surface area contributed by atoms with Gasteiger partial charge in [-0.1, -0.05) is 25.4 Å². The molecule has 0 aliphatic rings. The number of nitrogens with one attached hydrogen (secondary N) is 1. The van der Waals surface area contributed by atoms with Crippen LogP contribution >= 0.6 is 11.6 Å². The molecule has 0 aromatic carbocycles. The summed E-state index contributed by atoms with van der Waals surface area (Å²) >= 11 is 5.82. The van der Waals surface area contributed by atoms with Gasteiger partial charge in [0.2, 0.25) is 5.91 Å². The Kier molecular flexibility index (Phi) is 6.09. The number of nitrogens with two attached hydrogens (primary N) is 1. The molecule has 0 saturated heterocycles. The lowest BCUT2D eigenvalue weighted by molar-refractivity contribution is -0.117. The molecule has 100 valence electrons. The van der Waals surface area contributed by atoms with Gasteiger partial charge < -0.3 is 11.1 Å².